The maximum atomic E-state index is 13.1. The molecule has 1 heterocycles. The van der Waals surface area contributed by atoms with E-state index in [9.17, 15) is 8.78 Å². The van der Waals surface area contributed by atoms with E-state index in [-0.39, 0.29) is 0 Å². The Labute approximate surface area is 110 Å². The van der Waals surface area contributed by atoms with Crippen molar-refractivity contribution in [1.29, 1.82) is 0 Å². The maximum Gasteiger partial charge on any atom is 0.217 e. The van der Waals surface area contributed by atoms with Crippen LogP contribution in [-0.2, 0) is 6.42 Å². The van der Waals surface area contributed by atoms with Crippen LogP contribution in [0.25, 0.3) is 0 Å². The minimum atomic E-state index is -0.611. The fourth-order valence-electron chi connectivity index (χ4n) is 1.95. The van der Waals surface area contributed by atoms with Gasteiger partial charge in [-0.25, -0.2) is 13.8 Å². The molecule has 1 aromatic heterocycles. The first-order valence-electron chi connectivity index (χ1n) is 5.79. The highest BCUT2D eigenvalue weighted by Crippen LogP contribution is 2.24. The minimum Gasteiger partial charge on any atom is -0.481 e. The average Bonchev–Trinajstić information content (AvgIpc) is 2.37. The Morgan fingerprint density at radius 3 is 2.58 bits per heavy atom. The fraction of sp³-hybridized carbons (Fsp3) is 0.214. The van der Waals surface area contributed by atoms with E-state index < -0.39 is 17.7 Å². The number of benzene rings is 1. The van der Waals surface area contributed by atoms with Crippen LogP contribution in [0.3, 0.4) is 0 Å². The zero-order chi connectivity index (χ0) is 13.8. The molecule has 0 bridgehead atoms. The summed E-state index contributed by atoms with van der Waals surface area (Å²) in [4.78, 5) is 4.04. The van der Waals surface area contributed by atoms with Crippen molar-refractivity contribution in [2.45, 2.75) is 12.5 Å². The molecule has 2 aromatic rings. The molecule has 0 saturated heterocycles. The second-order valence-electron chi connectivity index (χ2n) is 4.19. The highest BCUT2D eigenvalue weighted by Gasteiger charge is 2.14. The van der Waals surface area contributed by atoms with Crippen molar-refractivity contribution in [1.82, 2.24) is 4.98 Å². The van der Waals surface area contributed by atoms with Crippen molar-refractivity contribution in [2.24, 2.45) is 5.73 Å². The average molecular weight is 264 g/mol. The van der Waals surface area contributed by atoms with Gasteiger partial charge >= 0.3 is 0 Å². The number of pyridine rings is 1. The number of nitrogens with zero attached hydrogens (tertiary/aromatic N) is 1. The molecule has 0 saturated carbocycles. The molecular weight excluding hydrogens is 250 g/mol. The highest BCUT2D eigenvalue weighted by molar-refractivity contribution is 5.31. The van der Waals surface area contributed by atoms with Crippen LogP contribution >= 0.6 is 0 Å². The van der Waals surface area contributed by atoms with E-state index in [0.717, 1.165) is 6.07 Å². The molecule has 2 N–H and O–H groups in total. The molecule has 0 amide bonds. The van der Waals surface area contributed by atoms with Gasteiger partial charge < -0.3 is 10.5 Å². The van der Waals surface area contributed by atoms with Crippen LogP contribution in [0.4, 0.5) is 8.78 Å². The number of aromatic nitrogens is 1. The van der Waals surface area contributed by atoms with Crippen molar-refractivity contribution >= 4 is 0 Å². The molecule has 5 heteroatoms. The predicted molar refractivity (Wildman–Crippen MR) is 67.8 cm³/mol. The van der Waals surface area contributed by atoms with Crippen LogP contribution in [0.5, 0.6) is 5.88 Å². The Balaban J connectivity index is 2.22. The Morgan fingerprint density at radius 2 is 1.95 bits per heavy atom. The summed E-state index contributed by atoms with van der Waals surface area (Å²) in [6.07, 6.45) is 1.90. The summed E-state index contributed by atoms with van der Waals surface area (Å²) in [5.41, 5.74) is 7.24. The van der Waals surface area contributed by atoms with Crippen molar-refractivity contribution < 1.29 is 13.5 Å². The van der Waals surface area contributed by atoms with Gasteiger partial charge in [0.2, 0.25) is 5.88 Å². The van der Waals surface area contributed by atoms with E-state index >= 15 is 0 Å². The van der Waals surface area contributed by atoms with Gasteiger partial charge in [-0.05, 0) is 30.2 Å². The van der Waals surface area contributed by atoms with E-state index in [2.05, 4.69) is 4.98 Å². The van der Waals surface area contributed by atoms with Crippen LogP contribution < -0.4 is 10.5 Å². The van der Waals surface area contributed by atoms with Crippen LogP contribution in [-0.4, -0.2) is 12.1 Å². The zero-order valence-corrected chi connectivity index (χ0v) is 10.4. The molecule has 0 aliphatic carbocycles. The van der Waals surface area contributed by atoms with Gasteiger partial charge in [-0.3, -0.25) is 0 Å². The summed E-state index contributed by atoms with van der Waals surface area (Å²) in [7, 11) is 1.50. The Hall–Kier alpha value is -2.01. The van der Waals surface area contributed by atoms with Gasteiger partial charge in [0.1, 0.15) is 11.6 Å². The first-order chi connectivity index (χ1) is 9.10. The lowest BCUT2D eigenvalue weighted by molar-refractivity contribution is 0.388. The smallest absolute Gasteiger partial charge is 0.217 e. The van der Waals surface area contributed by atoms with Crippen LogP contribution in [0.15, 0.2) is 36.5 Å². The molecule has 0 radical (unpaired) electrons. The predicted octanol–water partition coefficient (Wildman–Crippen LogP) is 2.61. The van der Waals surface area contributed by atoms with Gasteiger partial charge in [0.15, 0.2) is 0 Å². The number of hydrogen-bond donors (Lipinski definition) is 1. The second-order valence-corrected chi connectivity index (χ2v) is 4.19. The van der Waals surface area contributed by atoms with E-state index in [1.54, 1.807) is 18.3 Å². The van der Waals surface area contributed by atoms with Crippen molar-refractivity contribution in [3.8, 4) is 5.88 Å². The quantitative estimate of drug-likeness (QED) is 0.923. The third-order valence-electron chi connectivity index (χ3n) is 2.77. The fourth-order valence-corrected chi connectivity index (χ4v) is 1.95. The summed E-state index contributed by atoms with van der Waals surface area (Å²) >= 11 is 0. The summed E-state index contributed by atoms with van der Waals surface area (Å²) in [5, 5.41) is 0. The lowest BCUT2D eigenvalue weighted by Gasteiger charge is -2.14. The number of halogens is 2. The van der Waals surface area contributed by atoms with Gasteiger partial charge in [-0.2, -0.15) is 0 Å². The van der Waals surface area contributed by atoms with Gasteiger partial charge in [-0.1, -0.05) is 6.07 Å². The number of methoxy groups -OCH3 is 1. The third-order valence-corrected chi connectivity index (χ3v) is 2.77. The highest BCUT2D eigenvalue weighted by atomic mass is 19.1. The molecule has 0 spiro atoms. The Bertz CT molecular complexity index is 555. The summed E-state index contributed by atoms with van der Waals surface area (Å²) in [6, 6.07) is 6.46. The van der Waals surface area contributed by atoms with Gasteiger partial charge in [0.25, 0.3) is 0 Å². The lowest BCUT2D eigenvalue weighted by atomic mass is 10.0. The molecule has 1 unspecified atom stereocenters. The van der Waals surface area contributed by atoms with Crippen LogP contribution in [0.2, 0.25) is 0 Å². The van der Waals surface area contributed by atoms with Crippen molar-refractivity contribution in [3.63, 3.8) is 0 Å². The monoisotopic (exact) mass is 264 g/mol. The van der Waals surface area contributed by atoms with Crippen molar-refractivity contribution in [2.75, 3.05) is 7.11 Å². The molecular formula is C14H14F2N2O. The first kappa shape index (κ1) is 13.4. The molecule has 1 atom stereocenters. The van der Waals surface area contributed by atoms with E-state index in [4.69, 9.17) is 10.5 Å². The molecule has 100 valence electrons. The molecule has 1 aromatic carbocycles. The SMILES string of the molecule is COc1ncccc1C(N)Cc1cc(F)cc(F)c1. The number of nitrogens with two attached hydrogens (primary N) is 1. The molecule has 0 aliphatic rings. The first-order valence-corrected chi connectivity index (χ1v) is 5.79. The van der Waals surface area contributed by atoms with Crippen LogP contribution in [0.1, 0.15) is 17.2 Å². The normalized spacial score (nSPS) is 12.2. The van der Waals surface area contributed by atoms with Gasteiger partial charge in [0, 0.05) is 23.9 Å². The number of rotatable bonds is 4. The second kappa shape index (κ2) is 5.75. The maximum absolute atomic E-state index is 13.1. The lowest BCUT2D eigenvalue weighted by Crippen LogP contribution is -2.15. The molecule has 3 nitrogen and oxygen atoms in total. The summed E-state index contributed by atoms with van der Waals surface area (Å²) in [5.74, 6) is -0.799. The Morgan fingerprint density at radius 1 is 1.26 bits per heavy atom. The number of ether oxygens (including phenoxy) is 1. The van der Waals surface area contributed by atoms with E-state index in [1.165, 1.54) is 19.2 Å². The molecule has 2 rings (SSSR count). The molecule has 19 heavy (non-hydrogen) atoms. The topological polar surface area (TPSA) is 48.1 Å². The van der Waals surface area contributed by atoms with Gasteiger partial charge in [-0.15, -0.1) is 0 Å². The third kappa shape index (κ3) is 3.26. The summed E-state index contributed by atoms with van der Waals surface area (Å²) in [6.45, 7) is 0. The van der Waals surface area contributed by atoms with Crippen LogP contribution in [0, 0.1) is 11.6 Å². The van der Waals surface area contributed by atoms with Gasteiger partial charge in [0.05, 0.1) is 7.11 Å². The minimum absolute atomic E-state index is 0.302. The molecule has 0 aliphatic heterocycles. The van der Waals surface area contributed by atoms with Crippen molar-refractivity contribution in [3.05, 3.63) is 59.3 Å². The van der Waals surface area contributed by atoms with E-state index in [1.807, 2.05) is 0 Å². The molecule has 0 fully saturated rings. The van der Waals surface area contributed by atoms with E-state index in [0.29, 0.717) is 23.4 Å². The standard InChI is InChI=1S/C14H14F2N2O/c1-19-14-12(3-2-4-18-14)13(17)7-9-5-10(15)8-11(16)6-9/h2-6,8,13H,7,17H2,1H3. The zero-order valence-electron chi connectivity index (χ0n) is 10.4. The number of hydrogen-bond acceptors (Lipinski definition) is 3. The summed E-state index contributed by atoms with van der Waals surface area (Å²) < 4.78 is 31.3. The Kier molecular flexibility index (Phi) is 4.06. The largest absolute Gasteiger partial charge is 0.481 e.